The van der Waals surface area contributed by atoms with Crippen molar-refractivity contribution in [2.45, 2.75) is 38.2 Å². The van der Waals surface area contributed by atoms with Gasteiger partial charge in [0, 0.05) is 7.11 Å². The molecule has 0 saturated carbocycles. The second-order valence-corrected chi connectivity index (χ2v) is 4.00. The number of hydrogen-bond donors (Lipinski definition) is 0. The fraction of sp³-hybridized carbons (Fsp3) is 0.778. The smallest absolute Gasteiger partial charge is 0.247 e. The number of methoxy groups -OCH3 is 1. The van der Waals surface area contributed by atoms with Crippen molar-refractivity contribution in [2.75, 3.05) is 7.11 Å². The molecule has 2 atom stereocenters. The summed E-state index contributed by atoms with van der Waals surface area (Å²) in [5, 5.41) is 7.50. The largest absolute Gasteiger partial charge is 0.421 e. The summed E-state index contributed by atoms with van der Waals surface area (Å²) in [5.74, 6) is 0.906. The number of rotatable bonds is 4. The number of ether oxygens (including phenoxy) is 1. The molecule has 1 heterocycles. The molecule has 0 aromatic carbocycles. The van der Waals surface area contributed by atoms with Gasteiger partial charge >= 0.3 is 0 Å². The van der Waals surface area contributed by atoms with E-state index in [1.807, 2.05) is 13.8 Å². The SMILES string of the molecule is CCC(C)(OC)c1nnc(C(C)Cl)o1. The molecule has 0 N–H and O–H groups in total. The number of hydrogen-bond acceptors (Lipinski definition) is 4. The number of halogens is 1. The lowest BCUT2D eigenvalue weighted by Gasteiger charge is -2.21. The van der Waals surface area contributed by atoms with Crippen LogP contribution in [0.5, 0.6) is 0 Å². The van der Waals surface area contributed by atoms with Gasteiger partial charge in [-0.05, 0) is 20.3 Å². The summed E-state index contributed by atoms with van der Waals surface area (Å²) in [7, 11) is 1.62. The molecule has 14 heavy (non-hydrogen) atoms. The zero-order chi connectivity index (χ0) is 10.8. The summed E-state index contributed by atoms with van der Waals surface area (Å²) in [6, 6.07) is 0. The van der Waals surface area contributed by atoms with Gasteiger partial charge in [-0.2, -0.15) is 0 Å². The van der Waals surface area contributed by atoms with E-state index in [1.54, 1.807) is 14.0 Å². The van der Waals surface area contributed by atoms with Crippen LogP contribution in [0.25, 0.3) is 0 Å². The number of alkyl halides is 1. The van der Waals surface area contributed by atoms with Crippen molar-refractivity contribution in [2.24, 2.45) is 0 Å². The Morgan fingerprint density at radius 2 is 2.21 bits per heavy atom. The quantitative estimate of drug-likeness (QED) is 0.729. The van der Waals surface area contributed by atoms with Crippen LogP contribution in [-0.2, 0) is 10.3 Å². The third-order valence-electron chi connectivity index (χ3n) is 2.36. The molecule has 0 fully saturated rings. The van der Waals surface area contributed by atoms with Gasteiger partial charge in [-0.3, -0.25) is 0 Å². The lowest BCUT2D eigenvalue weighted by molar-refractivity contribution is -0.0242. The molecule has 4 nitrogen and oxygen atoms in total. The lowest BCUT2D eigenvalue weighted by atomic mass is 10.0. The highest BCUT2D eigenvalue weighted by Crippen LogP contribution is 2.28. The minimum Gasteiger partial charge on any atom is -0.421 e. The van der Waals surface area contributed by atoms with Crippen molar-refractivity contribution in [3.05, 3.63) is 11.8 Å². The molecule has 0 aliphatic heterocycles. The Morgan fingerprint density at radius 3 is 2.57 bits per heavy atom. The van der Waals surface area contributed by atoms with Crippen LogP contribution in [0.3, 0.4) is 0 Å². The summed E-state index contributed by atoms with van der Waals surface area (Å²) >= 11 is 5.82. The van der Waals surface area contributed by atoms with Gasteiger partial charge < -0.3 is 9.15 Å². The number of aromatic nitrogens is 2. The van der Waals surface area contributed by atoms with E-state index in [1.165, 1.54) is 0 Å². The maximum absolute atomic E-state index is 5.82. The highest BCUT2D eigenvalue weighted by Gasteiger charge is 2.31. The van der Waals surface area contributed by atoms with Gasteiger partial charge in [-0.25, -0.2) is 0 Å². The second-order valence-electron chi connectivity index (χ2n) is 3.35. The Morgan fingerprint density at radius 1 is 1.57 bits per heavy atom. The van der Waals surface area contributed by atoms with Crippen LogP contribution in [0.2, 0.25) is 0 Å². The fourth-order valence-corrected chi connectivity index (χ4v) is 1.08. The van der Waals surface area contributed by atoms with Crippen molar-refractivity contribution in [1.29, 1.82) is 0 Å². The normalized spacial score (nSPS) is 17.8. The third kappa shape index (κ3) is 2.07. The zero-order valence-corrected chi connectivity index (χ0v) is 9.63. The first kappa shape index (κ1) is 11.5. The average Bonchev–Trinajstić information content (AvgIpc) is 2.66. The van der Waals surface area contributed by atoms with Crippen LogP contribution < -0.4 is 0 Å². The summed E-state index contributed by atoms with van der Waals surface area (Å²) in [5.41, 5.74) is -0.517. The minimum atomic E-state index is -0.517. The molecular weight excluding hydrogens is 204 g/mol. The molecule has 0 amide bonds. The molecule has 5 heteroatoms. The van der Waals surface area contributed by atoms with Gasteiger partial charge in [0.05, 0.1) is 0 Å². The predicted molar refractivity (Wildman–Crippen MR) is 53.2 cm³/mol. The third-order valence-corrected chi connectivity index (χ3v) is 2.55. The van der Waals surface area contributed by atoms with Gasteiger partial charge in [0.15, 0.2) is 0 Å². The van der Waals surface area contributed by atoms with Gasteiger partial charge in [0.2, 0.25) is 11.8 Å². The van der Waals surface area contributed by atoms with E-state index in [0.29, 0.717) is 11.8 Å². The van der Waals surface area contributed by atoms with Crippen molar-refractivity contribution in [3.8, 4) is 0 Å². The molecule has 0 spiro atoms. The predicted octanol–water partition coefficient (Wildman–Crippen LogP) is 2.64. The lowest BCUT2D eigenvalue weighted by Crippen LogP contribution is -2.23. The Labute approximate surface area is 88.6 Å². The van der Waals surface area contributed by atoms with Crippen molar-refractivity contribution < 1.29 is 9.15 Å². The minimum absolute atomic E-state index is 0.269. The van der Waals surface area contributed by atoms with Gasteiger partial charge in [0.1, 0.15) is 11.0 Å². The molecule has 0 radical (unpaired) electrons. The standard InChI is InChI=1S/C9H15ClN2O2/c1-5-9(3,13-4)8-12-11-7(14-8)6(2)10/h6H,5H2,1-4H3. The van der Waals surface area contributed by atoms with E-state index in [0.717, 1.165) is 6.42 Å². The van der Waals surface area contributed by atoms with Gasteiger partial charge in [0.25, 0.3) is 0 Å². The monoisotopic (exact) mass is 218 g/mol. The maximum Gasteiger partial charge on any atom is 0.247 e. The Balaban J connectivity index is 2.95. The van der Waals surface area contributed by atoms with Gasteiger partial charge in [-0.1, -0.05) is 6.92 Å². The molecule has 1 rings (SSSR count). The molecule has 1 aromatic rings. The Bertz CT molecular complexity index is 295. The van der Waals surface area contributed by atoms with E-state index in [-0.39, 0.29) is 5.38 Å². The summed E-state index contributed by atoms with van der Waals surface area (Å²) in [4.78, 5) is 0. The van der Waals surface area contributed by atoms with Crippen LogP contribution in [0.4, 0.5) is 0 Å². The topological polar surface area (TPSA) is 48.2 Å². The molecule has 0 aliphatic rings. The molecule has 0 saturated heterocycles. The van der Waals surface area contributed by atoms with Gasteiger partial charge in [-0.15, -0.1) is 21.8 Å². The van der Waals surface area contributed by atoms with Crippen LogP contribution in [0.15, 0.2) is 4.42 Å². The van der Waals surface area contributed by atoms with Crippen molar-refractivity contribution >= 4 is 11.6 Å². The second kappa shape index (κ2) is 4.28. The van der Waals surface area contributed by atoms with E-state index in [2.05, 4.69) is 10.2 Å². The van der Waals surface area contributed by atoms with Crippen LogP contribution in [-0.4, -0.2) is 17.3 Å². The molecular formula is C9H15ClN2O2. The molecule has 80 valence electrons. The molecule has 1 aromatic heterocycles. The fourth-order valence-electron chi connectivity index (χ4n) is 0.992. The average molecular weight is 219 g/mol. The summed E-state index contributed by atoms with van der Waals surface area (Å²) in [6.07, 6.45) is 0.766. The van der Waals surface area contributed by atoms with Crippen molar-refractivity contribution in [3.63, 3.8) is 0 Å². The highest BCUT2D eigenvalue weighted by atomic mass is 35.5. The molecule has 0 bridgehead atoms. The summed E-state index contributed by atoms with van der Waals surface area (Å²) in [6.45, 7) is 5.69. The first-order chi connectivity index (χ1) is 6.53. The summed E-state index contributed by atoms with van der Waals surface area (Å²) < 4.78 is 10.7. The van der Waals surface area contributed by atoms with E-state index < -0.39 is 5.60 Å². The van der Waals surface area contributed by atoms with Crippen LogP contribution in [0, 0.1) is 0 Å². The maximum atomic E-state index is 5.82. The van der Waals surface area contributed by atoms with Crippen LogP contribution in [0.1, 0.15) is 44.4 Å². The molecule has 0 aliphatic carbocycles. The zero-order valence-electron chi connectivity index (χ0n) is 8.87. The molecule has 2 unspecified atom stereocenters. The first-order valence-electron chi connectivity index (χ1n) is 4.56. The van der Waals surface area contributed by atoms with E-state index in [9.17, 15) is 0 Å². The highest BCUT2D eigenvalue weighted by molar-refractivity contribution is 6.20. The van der Waals surface area contributed by atoms with E-state index >= 15 is 0 Å². The Kier molecular flexibility index (Phi) is 3.50. The van der Waals surface area contributed by atoms with E-state index in [4.69, 9.17) is 20.8 Å². The number of nitrogens with zero attached hydrogens (tertiary/aromatic N) is 2. The van der Waals surface area contributed by atoms with Crippen LogP contribution >= 0.6 is 11.6 Å². The Hall–Kier alpha value is -0.610. The van der Waals surface area contributed by atoms with Crippen molar-refractivity contribution in [1.82, 2.24) is 10.2 Å². The first-order valence-corrected chi connectivity index (χ1v) is 5.00.